The van der Waals surface area contributed by atoms with Crippen LogP contribution in [0.1, 0.15) is 40.0 Å². The third-order valence-electron chi connectivity index (χ3n) is 4.66. The number of rotatable bonds is 4. The number of hydrogen-bond acceptors (Lipinski definition) is 3. The van der Waals surface area contributed by atoms with Gasteiger partial charge >= 0.3 is 0 Å². The van der Waals surface area contributed by atoms with E-state index in [4.69, 9.17) is 0 Å². The van der Waals surface area contributed by atoms with E-state index in [0.29, 0.717) is 22.8 Å². The van der Waals surface area contributed by atoms with Crippen LogP contribution < -0.4 is 5.32 Å². The molecular formula is C17H27NO2S. The molecule has 0 bridgehead atoms. The summed E-state index contributed by atoms with van der Waals surface area (Å²) in [6, 6.07) is 7.63. The molecule has 4 heteroatoms. The zero-order valence-electron chi connectivity index (χ0n) is 13.5. The van der Waals surface area contributed by atoms with E-state index in [-0.39, 0.29) is 0 Å². The maximum absolute atomic E-state index is 11.5. The number of anilines is 1. The highest BCUT2D eigenvalue weighted by molar-refractivity contribution is 7.90. The van der Waals surface area contributed by atoms with Gasteiger partial charge in [0.25, 0.3) is 0 Å². The van der Waals surface area contributed by atoms with Gasteiger partial charge in [0.2, 0.25) is 0 Å². The van der Waals surface area contributed by atoms with Crippen LogP contribution in [-0.2, 0) is 9.84 Å². The van der Waals surface area contributed by atoms with Crippen LogP contribution in [0.3, 0.4) is 0 Å². The van der Waals surface area contributed by atoms with Gasteiger partial charge in [0.1, 0.15) is 0 Å². The van der Waals surface area contributed by atoms with Crippen LogP contribution >= 0.6 is 0 Å². The van der Waals surface area contributed by atoms with Crippen LogP contribution in [0.15, 0.2) is 29.2 Å². The molecule has 1 fully saturated rings. The summed E-state index contributed by atoms with van der Waals surface area (Å²) in [5.41, 5.74) is 1.02. The maximum Gasteiger partial charge on any atom is 0.175 e. The molecule has 1 saturated carbocycles. The van der Waals surface area contributed by atoms with Gasteiger partial charge in [-0.25, -0.2) is 8.42 Å². The van der Waals surface area contributed by atoms with Gasteiger partial charge in [0.05, 0.1) is 4.90 Å². The third kappa shape index (κ3) is 4.22. The Morgan fingerprint density at radius 2 is 1.76 bits per heavy atom. The smallest absolute Gasteiger partial charge is 0.175 e. The first-order chi connectivity index (χ1) is 9.77. The van der Waals surface area contributed by atoms with E-state index in [1.807, 2.05) is 12.1 Å². The molecule has 3 unspecified atom stereocenters. The van der Waals surface area contributed by atoms with E-state index in [1.165, 1.54) is 25.5 Å². The van der Waals surface area contributed by atoms with Crippen molar-refractivity contribution in [1.82, 2.24) is 0 Å². The van der Waals surface area contributed by atoms with Crippen molar-refractivity contribution in [3.63, 3.8) is 0 Å². The predicted octanol–water partition coefficient (Wildman–Crippen LogP) is 3.96. The van der Waals surface area contributed by atoms with E-state index in [9.17, 15) is 8.42 Å². The lowest BCUT2D eigenvalue weighted by atomic mass is 9.74. The SMILES string of the molecule is CC1CCC(C(C)C)C(Nc2ccc(S(C)(=O)=O)cc2)C1. The zero-order valence-corrected chi connectivity index (χ0v) is 14.3. The van der Waals surface area contributed by atoms with Gasteiger partial charge in [-0.2, -0.15) is 0 Å². The van der Waals surface area contributed by atoms with Gasteiger partial charge in [-0.3, -0.25) is 0 Å². The van der Waals surface area contributed by atoms with Gasteiger partial charge in [-0.15, -0.1) is 0 Å². The first-order valence-corrected chi connectivity index (χ1v) is 9.73. The quantitative estimate of drug-likeness (QED) is 0.915. The van der Waals surface area contributed by atoms with Crippen molar-refractivity contribution in [1.29, 1.82) is 0 Å². The molecule has 0 saturated heterocycles. The largest absolute Gasteiger partial charge is 0.382 e. The summed E-state index contributed by atoms with van der Waals surface area (Å²) in [4.78, 5) is 0.380. The van der Waals surface area contributed by atoms with Gasteiger partial charge in [-0.1, -0.05) is 27.2 Å². The van der Waals surface area contributed by atoms with Crippen LogP contribution in [0.4, 0.5) is 5.69 Å². The molecule has 0 spiro atoms. The summed E-state index contributed by atoms with van der Waals surface area (Å²) in [7, 11) is -3.11. The number of nitrogens with one attached hydrogen (secondary N) is 1. The average molecular weight is 309 g/mol. The van der Waals surface area contributed by atoms with E-state index >= 15 is 0 Å². The molecule has 1 aromatic rings. The monoisotopic (exact) mass is 309 g/mol. The van der Waals surface area contributed by atoms with Crippen LogP contribution in [-0.4, -0.2) is 20.7 Å². The maximum atomic E-state index is 11.5. The molecule has 2 rings (SSSR count). The second-order valence-corrected chi connectivity index (χ2v) is 8.89. The van der Waals surface area contributed by atoms with Gasteiger partial charge in [0, 0.05) is 18.0 Å². The molecule has 1 aliphatic carbocycles. The minimum Gasteiger partial charge on any atom is -0.382 e. The highest BCUT2D eigenvalue weighted by Crippen LogP contribution is 2.35. The molecule has 1 aliphatic rings. The molecule has 0 amide bonds. The van der Waals surface area contributed by atoms with Crippen molar-refractivity contribution in [3.8, 4) is 0 Å². The number of hydrogen-bond donors (Lipinski definition) is 1. The normalized spacial score (nSPS) is 26.8. The van der Waals surface area contributed by atoms with E-state index < -0.39 is 9.84 Å². The van der Waals surface area contributed by atoms with Crippen LogP contribution in [0.25, 0.3) is 0 Å². The van der Waals surface area contributed by atoms with Crippen LogP contribution in [0.5, 0.6) is 0 Å². The summed E-state index contributed by atoms with van der Waals surface area (Å²) in [5.74, 6) is 2.12. The fraction of sp³-hybridized carbons (Fsp3) is 0.647. The molecule has 118 valence electrons. The van der Waals surface area contributed by atoms with Crippen molar-refractivity contribution >= 4 is 15.5 Å². The summed E-state index contributed by atoms with van der Waals surface area (Å²) >= 11 is 0. The lowest BCUT2D eigenvalue weighted by molar-refractivity contribution is 0.212. The van der Waals surface area contributed by atoms with Crippen molar-refractivity contribution in [2.75, 3.05) is 11.6 Å². The Labute approximate surface area is 129 Å². The zero-order chi connectivity index (χ0) is 15.6. The van der Waals surface area contributed by atoms with E-state index in [0.717, 1.165) is 11.6 Å². The minimum absolute atomic E-state index is 0.380. The minimum atomic E-state index is -3.11. The highest BCUT2D eigenvalue weighted by Gasteiger charge is 2.30. The molecule has 3 nitrogen and oxygen atoms in total. The molecular weight excluding hydrogens is 282 g/mol. The summed E-state index contributed by atoms with van der Waals surface area (Å²) in [6.07, 6.45) is 5.02. The fourth-order valence-corrected chi connectivity index (χ4v) is 4.01. The van der Waals surface area contributed by atoms with E-state index in [1.54, 1.807) is 12.1 Å². The number of sulfone groups is 1. The average Bonchev–Trinajstić information content (AvgIpc) is 2.38. The Hall–Kier alpha value is -1.03. The Kier molecular flexibility index (Phi) is 4.97. The Morgan fingerprint density at radius 1 is 1.14 bits per heavy atom. The highest BCUT2D eigenvalue weighted by atomic mass is 32.2. The van der Waals surface area contributed by atoms with E-state index in [2.05, 4.69) is 26.1 Å². The molecule has 0 radical (unpaired) electrons. The molecule has 0 heterocycles. The van der Waals surface area contributed by atoms with Gasteiger partial charge < -0.3 is 5.32 Å². The Bertz CT molecular complexity index is 563. The number of benzene rings is 1. The summed E-state index contributed by atoms with van der Waals surface area (Å²) in [5, 5.41) is 3.63. The Balaban J connectivity index is 2.11. The second-order valence-electron chi connectivity index (χ2n) is 6.87. The fourth-order valence-electron chi connectivity index (χ4n) is 3.38. The van der Waals surface area contributed by atoms with Crippen molar-refractivity contribution in [2.24, 2.45) is 17.8 Å². The van der Waals surface area contributed by atoms with Crippen molar-refractivity contribution in [3.05, 3.63) is 24.3 Å². The summed E-state index contributed by atoms with van der Waals surface area (Å²) < 4.78 is 23.0. The van der Waals surface area contributed by atoms with Crippen LogP contribution in [0, 0.1) is 17.8 Å². The van der Waals surface area contributed by atoms with Crippen LogP contribution in [0.2, 0.25) is 0 Å². The lowest BCUT2D eigenvalue weighted by Crippen LogP contribution is -2.37. The molecule has 0 aromatic heterocycles. The summed E-state index contributed by atoms with van der Waals surface area (Å²) in [6.45, 7) is 6.90. The standard InChI is InChI=1S/C17H27NO2S/c1-12(2)16-10-5-13(3)11-17(16)18-14-6-8-15(9-7-14)21(4,19)20/h6-9,12-13,16-18H,5,10-11H2,1-4H3. The third-order valence-corrected chi connectivity index (χ3v) is 5.79. The first-order valence-electron chi connectivity index (χ1n) is 7.84. The molecule has 0 aliphatic heterocycles. The van der Waals surface area contributed by atoms with Gasteiger partial charge in [0.15, 0.2) is 9.84 Å². The van der Waals surface area contributed by atoms with Crippen molar-refractivity contribution < 1.29 is 8.42 Å². The Morgan fingerprint density at radius 3 is 2.29 bits per heavy atom. The molecule has 1 N–H and O–H groups in total. The van der Waals surface area contributed by atoms with Crippen molar-refractivity contribution in [2.45, 2.75) is 51.0 Å². The molecule has 3 atom stereocenters. The lowest BCUT2D eigenvalue weighted by Gasteiger charge is -2.38. The second kappa shape index (κ2) is 6.39. The molecule has 21 heavy (non-hydrogen) atoms. The topological polar surface area (TPSA) is 46.2 Å². The molecule has 1 aromatic carbocycles. The van der Waals surface area contributed by atoms with Gasteiger partial charge in [-0.05, 0) is 54.9 Å². The first kappa shape index (κ1) is 16.3. The predicted molar refractivity (Wildman–Crippen MR) is 88.3 cm³/mol.